The van der Waals surface area contributed by atoms with Gasteiger partial charge in [-0.05, 0) is 24.3 Å². The van der Waals surface area contributed by atoms with Gasteiger partial charge < -0.3 is 16.4 Å². The molecule has 6 nitrogen and oxygen atoms in total. The van der Waals surface area contributed by atoms with Crippen molar-refractivity contribution >= 4 is 53.1 Å². The van der Waals surface area contributed by atoms with Gasteiger partial charge in [0.1, 0.15) is 5.82 Å². The molecule has 0 bridgehead atoms. The van der Waals surface area contributed by atoms with E-state index in [0.29, 0.717) is 28.0 Å². The van der Waals surface area contributed by atoms with Gasteiger partial charge >= 0.3 is 0 Å². The van der Waals surface area contributed by atoms with E-state index in [4.69, 9.17) is 17.3 Å². The van der Waals surface area contributed by atoms with Gasteiger partial charge in [0, 0.05) is 40.6 Å². The maximum absolute atomic E-state index is 11.1. The number of nitrogens with one attached hydrogen (secondary N) is 2. The molecule has 26 heavy (non-hydrogen) atoms. The highest BCUT2D eigenvalue weighted by Gasteiger charge is 2.10. The van der Waals surface area contributed by atoms with Crippen molar-refractivity contribution in [2.24, 2.45) is 0 Å². The molecule has 1 heterocycles. The minimum absolute atomic E-state index is 0. The predicted molar refractivity (Wildman–Crippen MR) is 108 cm³/mol. The highest BCUT2D eigenvalue weighted by molar-refractivity contribution is 6.33. The second kappa shape index (κ2) is 8.51. The third-order valence-electron chi connectivity index (χ3n) is 3.42. The van der Waals surface area contributed by atoms with E-state index in [2.05, 4.69) is 20.6 Å². The van der Waals surface area contributed by atoms with Crippen LogP contribution in [0.3, 0.4) is 0 Å². The molecule has 0 fully saturated rings. The molecule has 0 aliphatic heterocycles. The van der Waals surface area contributed by atoms with Crippen molar-refractivity contribution < 1.29 is 4.79 Å². The monoisotopic (exact) mass is 389 g/mol. The molecular formula is C18H17Cl2N5O. The Balaban J connectivity index is 0.00000243. The summed E-state index contributed by atoms with van der Waals surface area (Å²) < 4.78 is 0. The van der Waals surface area contributed by atoms with Crippen molar-refractivity contribution in [1.82, 2.24) is 9.97 Å². The van der Waals surface area contributed by atoms with Gasteiger partial charge in [-0.25, -0.2) is 4.98 Å². The average molecular weight is 390 g/mol. The van der Waals surface area contributed by atoms with Gasteiger partial charge in [0.15, 0.2) is 0 Å². The Kier molecular flexibility index (Phi) is 6.38. The number of nitrogen functional groups attached to an aromatic ring is 1. The maximum atomic E-state index is 11.1. The molecule has 2 aromatic carbocycles. The number of nitrogens with two attached hydrogens (primary N) is 1. The molecule has 0 spiro atoms. The molecule has 1 aromatic heterocycles. The van der Waals surface area contributed by atoms with Crippen LogP contribution in [0.2, 0.25) is 5.02 Å². The molecule has 0 saturated heterocycles. The van der Waals surface area contributed by atoms with Crippen LogP contribution in [0.4, 0.5) is 23.1 Å². The normalized spacial score (nSPS) is 9.92. The fraction of sp³-hybridized carbons (Fsp3) is 0.0556. The molecule has 0 radical (unpaired) electrons. The van der Waals surface area contributed by atoms with E-state index in [1.54, 1.807) is 24.4 Å². The second-order valence-electron chi connectivity index (χ2n) is 5.36. The lowest BCUT2D eigenvalue weighted by atomic mass is 10.1. The Hall–Kier alpha value is -2.83. The van der Waals surface area contributed by atoms with Crippen molar-refractivity contribution in [2.45, 2.75) is 6.92 Å². The summed E-state index contributed by atoms with van der Waals surface area (Å²) in [6.07, 6.45) is 1.63. The van der Waals surface area contributed by atoms with Crippen LogP contribution in [0.5, 0.6) is 0 Å². The van der Waals surface area contributed by atoms with Crippen LogP contribution in [0.15, 0.2) is 54.7 Å². The average Bonchev–Trinajstić information content (AvgIpc) is 2.56. The van der Waals surface area contributed by atoms with Gasteiger partial charge in [0.05, 0.1) is 0 Å². The Morgan fingerprint density at radius 3 is 2.50 bits per heavy atom. The number of anilines is 4. The number of carbonyl (C=O) groups excluding carboxylic acids is 1. The zero-order valence-electron chi connectivity index (χ0n) is 13.9. The molecule has 0 aliphatic carbocycles. The number of aromatic nitrogens is 2. The zero-order valence-corrected chi connectivity index (χ0v) is 15.4. The summed E-state index contributed by atoms with van der Waals surface area (Å²) in [5.41, 5.74) is 8.92. The smallest absolute Gasteiger partial charge is 0.229 e. The summed E-state index contributed by atoms with van der Waals surface area (Å²) in [5.74, 6) is 0.540. The number of halogens is 2. The fourth-order valence-electron chi connectivity index (χ4n) is 2.35. The summed E-state index contributed by atoms with van der Waals surface area (Å²) in [4.78, 5) is 19.7. The number of rotatable bonds is 4. The molecule has 0 unspecified atom stereocenters. The van der Waals surface area contributed by atoms with Crippen LogP contribution >= 0.6 is 24.0 Å². The lowest BCUT2D eigenvalue weighted by Crippen LogP contribution is -2.06. The fourth-order valence-corrected chi connectivity index (χ4v) is 2.59. The maximum Gasteiger partial charge on any atom is 0.229 e. The number of hydrogen-bond acceptors (Lipinski definition) is 5. The predicted octanol–water partition coefficient (Wildman–Crippen LogP) is 4.50. The van der Waals surface area contributed by atoms with E-state index in [1.165, 1.54) is 6.92 Å². The van der Waals surface area contributed by atoms with Gasteiger partial charge in [-0.1, -0.05) is 35.9 Å². The lowest BCUT2D eigenvalue weighted by molar-refractivity contribution is -0.114. The van der Waals surface area contributed by atoms with Gasteiger partial charge in [-0.15, -0.1) is 12.4 Å². The van der Waals surface area contributed by atoms with E-state index in [-0.39, 0.29) is 18.3 Å². The third kappa shape index (κ3) is 4.62. The van der Waals surface area contributed by atoms with E-state index in [0.717, 1.165) is 11.3 Å². The first-order valence-corrected chi connectivity index (χ1v) is 7.93. The zero-order chi connectivity index (χ0) is 17.8. The van der Waals surface area contributed by atoms with Gasteiger partial charge in [0.2, 0.25) is 11.9 Å². The number of amides is 1. The molecule has 3 aromatic rings. The number of benzene rings is 2. The topological polar surface area (TPSA) is 92.9 Å². The van der Waals surface area contributed by atoms with Crippen LogP contribution < -0.4 is 16.4 Å². The lowest BCUT2D eigenvalue weighted by Gasteiger charge is -2.10. The number of hydrogen-bond donors (Lipinski definition) is 3. The first-order valence-electron chi connectivity index (χ1n) is 7.55. The molecule has 0 aliphatic rings. The van der Waals surface area contributed by atoms with Crippen LogP contribution in [0, 0.1) is 0 Å². The molecule has 1 amide bonds. The van der Waals surface area contributed by atoms with Crippen molar-refractivity contribution in [3.63, 3.8) is 0 Å². The summed E-state index contributed by atoms with van der Waals surface area (Å²) >= 11 is 6.20. The minimum atomic E-state index is -0.137. The van der Waals surface area contributed by atoms with E-state index >= 15 is 0 Å². The highest BCUT2D eigenvalue weighted by Crippen LogP contribution is 2.31. The SMILES string of the molecule is CC(=O)Nc1cccc(Nc2ncc(-c3ccccc3Cl)c(N)n2)c1.Cl. The second-order valence-corrected chi connectivity index (χ2v) is 5.77. The number of nitrogens with zero attached hydrogens (tertiary/aromatic N) is 2. The Bertz CT molecular complexity index is 933. The van der Waals surface area contributed by atoms with Crippen molar-refractivity contribution in [3.05, 3.63) is 59.8 Å². The van der Waals surface area contributed by atoms with Crippen molar-refractivity contribution in [3.8, 4) is 11.1 Å². The summed E-state index contributed by atoms with van der Waals surface area (Å²) in [6.45, 7) is 1.46. The standard InChI is InChI=1S/C18H16ClN5O.ClH/c1-11(25)22-12-5-4-6-13(9-12)23-18-21-10-15(17(20)24-18)14-7-2-3-8-16(14)19;/h2-10H,1H3,(H,22,25)(H3,20,21,23,24);1H. The third-order valence-corrected chi connectivity index (χ3v) is 3.75. The number of carbonyl (C=O) groups is 1. The molecule has 4 N–H and O–H groups in total. The Morgan fingerprint density at radius 1 is 1.08 bits per heavy atom. The van der Waals surface area contributed by atoms with Crippen LogP contribution in [0.25, 0.3) is 11.1 Å². The largest absolute Gasteiger partial charge is 0.383 e. The highest BCUT2D eigenvalue weighted by atomic mass is 35.5. The summed E-state index contributed by atoms with van der Waals surface area (Å²) in [5, 5.41) is 6.37. The first kappa shape index (κ1) is 19.5. The van der Waals surface area contributed by atoms with Gasteiger partial charge in [0.25, 0.3) is 0 Å². The van der Waals surface area contributed by atoms with Gasteiger partial charge in [-0.2, -0.15) is 4.98 Å². The molecule has 0 saturated carbocycles. The Labute approximate surface area is 162 Å². The van der Waals surface area contributed by atoms with E-state index in [9.17, 15) is 4.79 Å². The quantitative estimate of drug-likeness (QED) is 0.610. The van der Waals surface area contributed by atoms with Crippen LogP contribution in [-0.4, -0.2) is 15.9 Å². The summed E-state index contributed by atoms with van der Waals surface area (Å²) in [6, 6.07) is 14.6. The molecule has 3 rings (SSSR count). The summed E-state index contributed by atoms with van der Waals surface area (Å²) in [7, 11) is 0. The van der Waals surface area contributed by atoms with Crippen molar-refractivity contribution in [2.75, 3.05) is 16.4 Å². The molecule has 0 atom stereocenters. The molecule has 134 valence electrons. The van der Waals surface area contributed by atoms with Gasteiger partial charge in [-0.3, -0.25) is 4.79 Å². The Morgan fingerprint density at radius 2 is 1.81 bits per heavy atom. The molecular weight excluding hydrogens is 373 g/mol. The van der Waals surface area contributed by atoms with E-state index < -0.39 is 0 Å². The van der Waals surface area contributed by atoms with Crippen LogP contribution in [0.1, 0.15) is 6.92 Å². The first-order chi connectivity index (χ1) is 12.0. The minimum Gasteiger partial charge on any atom is -0.383 e. The molecule has 8 heteroatoms. The van der Waals surface area contributed by atoms with Crippen LogP contribution in [-0.2, 0) is 4.79 Å². The van der Waals surface area contributed by atoms with Crippen molar-refractivity contribution in [1.29, 1.82) is 0 Å². The van der Waals surface area contributed by atoms with E-state index in [1.807, 2.05) is 30.3 Å².